The standard InChI is InChI=1S/C26H11F4N3O2S/c27-18-16-17(19(28)21(30)20(18)29)23(35)14(22(16)34)11-15-31-26-24(33(15)13-9-5-2-6-10-13)32-25(36-26)12-7-3-1-4-8-12/h1-11H. The topological polar surface area (TPSA) is 64.8 Å². The molecule has 0 saturated heterocycles. The number of thiazole rings is 1. The third-order valence-electron chi connectivity index (χ3n) is 5.77. The van der Waals surface area contributed by atoms with Gasteiger partial charge in [-0.15, -0.1) is 0 Å². The van der Waals surface area contributed by atoms with Crippen LogP contribution < -0.4 is 0 Å². The Kier molecular flexibility index (Phi) is 4.94. The third-order valence-corrected chi connectivity index (χ3v) is 6.76. The second-order valence-corrected chi connectivity index (χ2v) is 8.85. The van der Waals surface area contributed by atoms with Gasteiger partial charge in [0, 0.05) is 11.3 Å². The van der Waals surface area contributed by atoms with Crippen LogP contribution in [0.1, 0.15) is 26.5 Å². The van der Waals surface area contributed by atoms with Gasteiger partial charge in [0.2, 0.25) is 11.6 Å². The van der Waals surface area contributed by atoms with Crippen LogP contribution in [-0.2, 0) is 0 Å². The number of benzene rings is 3. The van der Waals surface area contributed by atoms with E-state index < -0.39 is 51.5 Å². The predicted molar refractivity (Wildman–Crippen MR) is 125 cm³/mol. The number of hydrogen-bond acceptors (Lipinski definition) is 5. The molecule has 1 aliphatic rings. The number of Topliss-reactive ketones (excluding diaryl/α,β-unsaturated/α-hetero) is 2. The minimum atomic E-state index is -2.16. The number of imidazole rings is 1. The molecular weight excluding hydrogens is 494 g/mol. The number of carbonyl (C=O) groups excluding carboxylic acids is 2. The molecule has 0 saturated carbocycles. The molecule has 3 aromatic carbocycles. The molecule has 0 amide bonds. The van der Waals surface area contributed by atoms with Crippen molar-refractivity contribution >= 4 is 39.5 Å². The molecule has 0 atom stereocenters. The van der Waals surface area contributed by atoms with Crippen LogP contribution in [0.5, 0.6) is 0 Å². The Morgan fingerprint density at radius 1 is 0.722 bits per heavy atom. The lowest BCUT2D eigenvalue weighted by Crippen LogP contribution is -2.07. The van der Waals surface area contributed by atoms with Crippen molar-refractivity contribution < 1.29 is 27.2 Å². The summed E-state index contributed by atoms with van der Waals surface area (Å²) in [6.07, 6.45) is 1.06. The highest BCUT2D eigenvalue weighted by molar-refractivity contribution is 7.21. The van der Waals surface area contributed by atoms with E-state index in [0.29, 0.717) is 21.2 Å². The Bertz CT molecular complexity index is 1710. The first-order chi connectivity index (χ1) is 17.4. The molecule has 2 heterocycles. The molecule has 1 aliphatic carbocycles. The molecule has 10 heteroatoms. The van der Waals surface area contributed by atoms with Crippen molar-refractivity contribution in [2.45, 2.75) is 0 Å². The fourth-order valence-corrected chi connectivity index (χ4v) is 5.05. The number of rotatable bonds is 3. The summed E-state index contributed by atoms with van der Waals surface area (Å²) in [5.41, 5.74) is -1.03. The summed E-state index contributed by atoms with van der Waals surface area (Å²) in [6, 6.07) is 18.2. The van der Waals surface area contributed by atoms with Crippen molar-refractivity contribution in [3.05, 3.63) is 106 Å². The Hall–Kier alpha value is -4.44. The molecule has 0 radical (unpaired) electrons. The van der Waals surface area contributed by atoms with E-state index in [9.17, 15) is 27.2 Å². The lowest BCUT2D eigenvalue weighted by Gasteiger charge is -2.06. The molecule has 5 nitrogen and oxygen atoms in total. The molecule has 2 aromatic heterocycles. The number of hydrogen-bond donors (Lipinski definition) is 0. The molecule has 0 aliphatic heterocycles. The molecule has 6 rings (SSSR count). The summed E-state index contributed by atoms with van der Waals surface area (Å²) in [6.45, 7) is 0. The van der Waals surface area contributed by atoms with Gasteiger partial charge in [0.1, 0.15) is 10.8 Å². The van der Waals surface area contributed by atoms with Crippen molar-refractivity contribution in [2.24, 2.45) is 0 Å². The Morgan fingerprint density at radius 2 is 1.28 bits per heavy atom. The van der Waals surface area contributed by atoms with E-state index in [-0.39, 0.29) is 5.82 Å². The third kappa shape index (κ3) is 3.14. The maximum absolute atomic E-state index is 14.3. The number of nitrogens with zero attached hydrogens (tertiary/aromatic N) is 3. The summed E-state index contributed by atoms with van der Waals surface area (Å²) in [5.74, 6) is -10.6. The zero-order valence-corrected chi connectivity index (χ0v) is 18.7. The van der Waals surface area contributed by atoms with Crippen molar-refractivity contribution in [3.8, 4) is 16.3 Å². The van der Waals surface area contributed by atoms with Gasteiger partial charge in [0.25, 0.3) is 0 Å². The van der Waals surface area contributed by atoms with E-state index in [0.717, 1.165) is 11.6 Å². The maximum atomic E-state index is 14.3. The fraction of sp³-hybridized carbons (Fsp3) is 0. The highest BCUT2D eigenvalue weighted by Crippen LogP contribution is 2.36. The molecular formula is C26H11F4N3O2S. The monoisotopic (exact) mass is 505 g/mol. The summed E-state index contributed by atoms with van der Waals surface area (Å²) < 4.78 is 57.8. The quantitative estimate of drug-likeness (QED) is 0.0968. The van der Waals surface area contributed by atoms with Crippen LogP contribution in [0.2, 0.25) is 0 Å². The molecule has 0 spiro atoms. The largest absolute Gasteiger partial charge is 0.288 e. The van der Waals surface area contributed by atoms with Crippen LogP contribution in [0.15, 0.2) is 66.2 Å². The number of para-hydroxylation sites is 1. The summed E-state index contributed by atoms with van der Waals surface area (Å²) in [7, 11) is 0. The average molecular weight is 505 g/mol. The second kappa shape index (κ2) is 8.06. The average Bonchev–Trinajstić information content (AvgIpc) is 3.53. The first-order valence-corrected chi connectivity index (χ1v) is 11.4. The maximum Gasteiger partial charge on any atom is 0.201 e. The Balaban J connectivity index is 1.56. The van der Waals surface area contributed by atoms with Crippen LogP contribution in [0.25, 0.3) is 32.8 Å². The SMILES string of the molecule is O=C1C(=Cc2nc3sc(-c4ccccc4)nc3n2-c2ccccc2)C(=O)c2c(F)c(F)c(F)c(F)c21. The fourth-order valence-electron chi connectivity index (χ4n) is 4.11. The molecule has 0 bridgehead atoms. The Morgan fingerprint density at radius 3 is 1.86 bits per heavy atom. The molecule has 0 N–H and O–H groups in total. The highest BCUT2D eigenvalue weighted by atomic mass is 32.1. The normalized spacial score (nSPS) is 13.1. The zero-order chi connectivity index (χ0) is 25.1. The summed E-state index contributed by atoms with van der Waals surface area (Å²) >= 11 is 1.27. The van der Waals surface area contributed by atoms with Gasteiger partial charge in [-0.25, -0.2) is 27.5 Å². The van der Waals surface area contributed by atoms with E-state index in [1.165, 1.54) is 11.3 Å². The van der Waals surface area contributed by atoms with Crippen LogP contribution in [0.3, 0.4) is 0 Å². The first kappa shape index (κ1) is 22.1. The number of allylic oxidation sites excluding steroid dienone is 1. The summed E-state index contributed by atoms with van der Waals surface area (Å²) in [5, 5.41) is 0.688. The predicted octanol–water partition coefficient (Wildman–Crippen LogP) is 6.17. The van der Waals surface area contributed by atoms with Crippen LogP contribution >= 0.6 is 11.3 Å². The number of aromatic nitrogens is 3. The lowest BCUT2D eigenvalue weighted by atomic mass is 10.1. The number of carbonyl (C=O) groups is 2. The van der Waals surface area contributed by atoms with Gasteiger partial charge in [-0.3, -0.25) is 14.2 Å². The first-order valence-electron chi connectivity index (χ1n) is 10.5. The van der Waals surface area contributed by atoms with E-state index in [1.54, 1.807) is 34.9 Å². The van der Waals surface area contributed by atoms with Gasteiger partial charge in [-0.05, 0) is 18.2 Å². The molecule has 5 aromatic rings. The van der Waals surface area contributed by atoms with Gasteiger partial charge >= 0.3 is 0 Å². The van der Waals surface area contributed by atoms with Crippen LogP contribution in [0.4, 0.5) is 17.6 Å². The van der Waals surface area contributed by atoms with Crippen LogP contribution in [-0.4, -0.2) is 26.1 Å². The molecule has 0 unspecified atom stereocenters. The zero-order valence-electron chi connectivity index (χ0n) is 17.9. The van der Waals surface area contributed by atoms with Crippen LogP contribution in [0, 0.1) is 23.3 Å². The summed E-state index contributed by atoms with van der Waals surface area (Å²) in [4.78, 5) is 35.4. The van der Waals surface area contributed by atoms with Crippen molar-refractivity contribution in [2.75, 3.05) is 0 Å². The van der Waals surface area contributed by atoms with E-state index in [1.807, 2.05) is 30.3 Å². The second-order valence-electron chi connectivity index (χ2n) is 7.88. The minimum Gasteiger partial charge on any atom is -0.288 e. The smallest absolute Gasteiger partial charge is 0.201 e. The molecule has 36 heavy (non-hydrogen) atoms. The van der Waals surface area contributed by atoms with E-state index in [4.69, 9.17) is 0 Å². The lowest BCUT2D eigenvalue weighted by molar-refractivity contribution is 0.0988. The Labute approximate surface area is 204 Å². The molecule has 176 valence electrons. The number of ketones is 2. The van der Waals surface area contributed by atoms with E-state index in [2.05, 4.69) is 9.97 Å². The van der Waals surface area contributed by atoms with Gasteiger partial charge in [0.05, 0.1) is 16.7 Å². The van der Waals surface area contributed by atoms with E-state index >= 15 is 0 Å². The van der Waals surface area contributed by atoms with Gasteiger partial charge in [-0.2, -0.15) is 0 Å². The molecule has 0 fully saturated rings. The van der Waals surface area contributed by atoms with Crippen molar-refractivity contribution in [3.63, 3.8) is 0 Å². The van der Waals surface area contributed by atoms with Gasteiger partial charge < -0.3 is 0 Å². The van der Waals surface area contributed by atoms with Gasteiger partial charge in [0.15, 0.2) is 33.7 Å². The van der Waals surface area contributed by atoms with Gasteiger partial charge in [-0.1, -0.05) is 59.9 Å². The van der Waals surface area contributed by atoms with Crippen molar-refractivity contribution in [1.29, 1.82) is 0 Å². The number of halogens is 4. The number of fused-ring (bicyclic) bond motifs is 2. The minimum absolute atomic E-state index is 0.0841. The van der Waals surface area contributed by atoms with Crippen molar-refractivity contribution in [1.82, 2.24) is 14.5 Å². The highest BCUT2D eigenvalue weighted by Gasteiger charge is 2.42.